The lowest BCUT2D eigenvalue weighted by molar-refractivity contribution is -0.134. The van der Waals surface area contributed by atoms with Gasteiger partial charge < -0.3 is 4.74 Å². The molecular weight excluding hydrogens is 231 g/mol. The highest BCUT2D eigenvalue weighted by Gasteiger charge is 1.91. The molecule has 0 aromatic carbocycles. The van der Waals surface area contributed by atoms with Crippen molar-refractivity contribution in [3.05, 3.63) is 26.0 Å². The van der Waals surface area contributed by atoms with E-state index in [0.29, 0.717) is 4.43 Å². The van der Waals surface area contributed by atoms with Crippen LogP contribution in [0.15, 0.2) is 26.0 Å². The van der Waals surface area contributed by atoms with Gasteiger partial charge in [-0.3, -0.25) is 4.79 Å². The van der Waals surface area contributed by atoms with Gasteiger partial charge in [-0.25, -0.2) is 0 Å². The summed E-state index contributed by atoms with van der Waals surface area (Å²) in [6.07, 6.45) is 1.13. The predicted molar refractivity (Wildman–Crippen MR) is 46.4 cm³/mol. The van der Waals surface area contributed by atoms with E-state index in [-0.39, 0.29) is 5.97 Å². The summed E-state index contributed by atoms with van der Waals surface area (Å²) in [5, 5.41) is 0. The Balaban J connectivity index is 0. The normalized spacial score (nSPS) is 6.33. The van der Waals surface area contributed by atoms with Crippen LogP contribution < -0.4 is 0 Å². The quantitative estimate of drug-likeness (QED) is 0.242. The average Bonchev–Trinajstić information content (AvgIpc) is 1.93. The van der Waals surface area contributed by atoms with Crippen molar-refractivity contribution < 1.29 is 9.53 Å². The highest BCUT2D eigenvalue weighted by molar-refractivity contribution is 14.1. The molecule has 9 heavy (non-hydrogen) atoms. The molecule has 0 aliphatic carbocycles. The van der Waals surface area contributed by atoms with Crippen molar-refractivity contribution in [1.82, 2.24) is 0 Å². The Bertz CT molecular complexity index is 91.1. The minimum atomic E-state index is -0.254. The van der Waals surface area contributed by atoms with Crippen molar-refractivity contribution in [2.24, 2.45) is 0 Å². The number of alkyl halides is 1. The zero-order valence-electron chi connectivity index (χ0n) is 5.10. The van der Waals surface area contributed by atoms with Crippen molar-refractivity contribution in [1.29, 1.82) is 0 Å². The summed E-state index contributed by atoms with van der Waals surface area (Å²) < 4.78 is 4.69. The molecule has 0 spiro atoms. The molecule has 0 atom stereocenters. The Morgan fingerprint density at radius 2 is 2.11 bits per heavy atom. The minimum Gasteiger partial charge on any atom is -0.435 e. The van der Waals surface area contributed by atoms with Gasteiger partial charge >= 0.3 is 5.97 Å². The molecule has 0 N–H and O–H groups in total. The number of hydrogen-bond donors (Lipinski definition) is 0. The molecule has 0 rings (SSSR count). The van der Waals surface area contributed by atoms with Crippen molar-refractivity contribution in [2.75, 3.05) is 4.43 Å². The Morgan fingerprint density at radius 3 is 2.22 bits per heavy atom. The van der Waals surface area contributed by atoms with Crippen LogP contribution in [0, 0.1) is 0 Å². The summed E-state index contributed by atoms with van der Waals surface area (Å²) in [5.41, 5.74) is 0. The van der Waals surface area contributed by atoms with Crippen LogP contribution in [-0.2, 0) is 9.53 Å². The lowest BCUT2D eigenvalue weighted by Gasteiger charge is -1.87. The molecule has 0 aromatic heterocycles. The second kappa shape index (κ2) is 10.6. The molecule has 0 aliphatic heterocycles. The van der Waals surface area contributed by atoms with Crippen LogP contribution in [0.4, 0.5) is 0 Å². The molecule has 0 unspecified atom stereocenters. The summed E-state index contributed by atoms with van der Waals surface area (Å²) in [7, 11) is 0. The van der Waals surface area contributed by atoms with Crippen LogP contribution in [0.3, 0.4) is 0 Å². The number of esters is 1. The van der Waals surface area contributed by atoms with Crippen LogP contribution in [0.5, 0.6) is 0 Å². The van der Waals surface area contributed by atoms with Gasteiger partial charge in [0, 0.05) is 0 Å². The van der Waals surface area contributed by atoms with E-state index in [0.717, 1.165) is 6.26 Å². The lowest BCUT2D eigenvalue weighted by atomic mass is 10.8. The van der Waals surface area contributed by atoms with Crippen LogP contribution in [-0.4, -0.2) is 10.4 Å². The molecule has 0 bridgehead atoms. The highest BCUT2D eigenvalue weighted by atomic mass is 127. The van der Waals surface area contributed by atoms with Gasteiger partial charge in [0.05, 0.1) is 10.7 Å². The van der Waals surface area contributed by atoms with Crippen molar-refractivity contribution >= 4 is 28.6 Å². The van der Waals surface area contributed by atoms with Gasteiger partial charge in [0.15, 0.2) is 0 Å². The molecule has 0 amide bonds. The monoisotopic (exact) mass is 240 g/mol. The first kappa shape index (κ1) is 11.5. The molecular formula is C6H9IO2. The number of carbonyl (C=O) groups excluding carboxylic acids is 1. The molecule has 0 aliphatic rings. The molecule has 2 nitrogen and oxygen atoms in total. The van der Waals surface area contributed by atoms with E-state index in [2.05, 4.69) is 24.5 Å². The van der Waals surface area contributed by atoms with E-state index < -0.39 is 0 Å². The fourth-order valence-corrected chi connectivity index (χ4v) is 0.304. The standard InChI is InChI=1S/C4H5IO2.C2H4/c1-2-7-4(6)3-5;1-2/h2H,1,3H2;1-2H2. The van der Waals surface area contributed by atoms with Gasteiger partial charge in [0.1, 0.15) is 0 Å². The summed E-state index contributed by atoms with van der Waals surface area (Å²) in [5.74, 6) is -0.254. The number of ether oxygens (including phenoxy) is 1. The molecule has 0 saturated carbocycles. The Hall–Kier alpha value is -0.320. The summed E-state index contributed by atoms with van der Waals surface area (Å²) in [6.45, 7) is 9.20. The molecule has 3 heteroatoms. The Labute approximate surface area is 68.7 Å². The van der Waals surface area contributed by atoms with Gasteiger partial charge in [-0.15, -0.1) is 13.2 Å². The topological polar surface area (TPSA) is 26.3 Å². The minimum absolute atomic E-state index is 0.254. The van der Waals surface area contributed by atoms with Crippen LogP contribution in [0.1, 0.15) is 0 Å². The van der Waals surface area contributed by atoms with Gasteiger partial charge in [0.25, 0.3) is 0 Å². The van der Waals surface area contributed by atoms with E-state index in [4.69, 9.17) is 0 Å². The second-order valence-electron chi connectivity index (χ2n) is 0.790. The largest absolute Gasteiger partial charge is 0.435 e. The van der Waals surface area contributed by atoms with Crippen molar-refractivity contribution in [3.8, 4) is 0 Å². The third-order valence-corrected chi connectivity index (χ3v) is 0.947. The van der Waals surface area contributed by atoms with E-state index in [9.17, 15) is 4.79 Å². The SMILES string of the molecule is C=C.C=COC(=O)CI. The predicted octanol–water partition coefficient (Wildman–Crippen LogP) is 1.91. The van der Waals surface area contributed by atoms with Gasteiger partial charge in [0.2, 0.25) is 0 Å². The fourth-order valence-electron chi connectivity index (χ4n) is 0.124. The molecule has 0 fully saturated rings. The zero-order valence-corrected chi connectivity index (χ0v) is 7.26. The molecule has 0 heterocycles. The van der Waals surface area contributed by atoms with Crippen LogP contribution >= 0.6 is 22.6 Å². The maximum absolute atomic E-state index is 10.1. The zero-order chi connectivity index (χ0) is 7.70. The molecule has 0 radical (unpaired) electrons. The molecule has 52 valence electrons. The fraction of sp³-hybridized carbons (Fsp3) is 0.167. The Morgan fingerprint density at radius 1 is 1.67 bits per heavy atom. The molecule has 0 saturated heterocycles. The van der Waals surface area contributed by atoms with Gasteiger partial charge in [-0.1, -0.05) is 29.2 Å². The number of hydrogen-bond acceptors (Lipinski definition) is 2. The smallest absolute Gasteiger partial charge is 0.320 e. The maximum atomic E-state index is 10.1. The first-order valence-electron chi connectivity index (χ1n) is 2.17. The first-order chi connectivity index (χ1) is 4.31. The first-order valence-corrected chi connectivity index (χ1v) is 3.70. The van der Waals surface area contributed by atoms with E-state index in [1.165, 1.54) is 0 Å². The second-order valence-corrected chi connectivity index (χ2v) is 1.55. The third-order valence-electron chi connectivity index (χ3n) is 0.324. The number of carbonyl (C=O) groups is 1. The van der Waals surface area contributed by atoms with Gasteiger partial charge in [-0.05, 0) is 0 Å². The summed E-state index contributed by atoms with van der Waals surface area (Å²) in [4.78, 5) is 10.1. The maximum Gasteiger partial charge on any atom is 0.320 e. The lowest BCUT2D eigenvalue weighted by Crippen LogP contribution is -1.98. The van der Waals surface area contributed by atoms with E-state index in [1.54, 1.807) is 0 Å². The van der Waals surface area contributed by atoms with E-state index in [1.807, 2.05) is 22.6 Å². The van der Waals surface area contributed by atoms with Crippen molar-refractivity contribution in [3.63, 3.8) is 0 Å². The third kappa shape index (κ3) is 11.3. The van der Waals surface area contributed by atoms with Crippen molar-refractivity contribution in [2.45, 2.75) is 0 Å². The summed E-state index contributed by atoms with van der Waals surface area (Å²) in [6, 6.07) is 0. The van der Waals surface area contributed by atoms with Crippen LogP contribution in [0.25, 0.3) is 0 Å². The number of halogens is 1. The highest BCUT2D eigenvalue weighted by Crippen LogP contribution is 1.84. The average molecular weight is 240 g/mol. The Kier molecular flexibility index (Phi) is 13.5. The number of rotatable bonds is 2. The molecule has 0 aromatic rings. The van der Waals surface area contributed by atoms with Crippen LogP contribution in [0.2, 0.25) is 0 Å². The summed E-state index contributed by atoms with van der Waals surface area (Å²) >= 11 is 1.91. The van der Waals surface area contributed by atoms with E-state index >= 15 is 0 Å². The van der Waals surface area contributed by atoms with Gasteiger partial charge in [-0.2, -0.15) is 0 Å².